The third kappa shape index (κ3) is 3.79. The molecule has 0 amide bonds. The van der Waals surface area contributed by atoms with E-state index in [-0.39, 0.29) is 17.7 Å². The Morgan fingerprint density at radius 1 is 1.05 bits per heavy atom. The Balaban J connectivity index is 3.36. The molecular formula is C11H15F6NS. The quantitative estimate of drug-likeness (QED) is 0.714. The monoisotopic (exact) mass is 307 g/mol. The summed E-state index contributed by atoms with van der Waals surface area (Å²) in [5.41, 5.74) is 4.86. The number of hydrogen-bond acceptors (Lipinski definition) is 1. The van der Waals surface area contributed by atoms with Gasteiger partial charge >= 0.3 is 10.2 Å². The topological polar surface area (TPSA) is 26.0 Å². The summed E-state index contributed by atoms with van der Waals surface area (Å²) in [5, 5.41) is 0. The standard InChI is InChI=1S/C11H15F6NS/c1-11(2,3)10(18)8-5-4-7(6-9(8)12)19(13,14,15,16)17/h4-6,10H,18H2,1-3H3. The van der Waals surface area contributed by atoms with Crippen LogP contribution in [0.25, 0.3) is 0 Å². The molecule has 0 radical (unpaired) electrons. The van der Waals surface area contributed by atoms with Crippen molar-refractivity contribution in [3.05, 3.63) is 29.6 Å². The van der Waals surface area contributed by atoms with E-state index in [0.717, 1.165) is 0 Å². The van der Waals surface area contributed by atoms with Crippen molar-refractivity contribution in [2.45, 2.75) is 31.7 Å². The highest BCUT2D eigenvalue weighted by Gasteiger charge is 2.65. The minimum atomic E-state index is -9.86. The van der Waals surface area contributed by atoms with Gasteiger partial charge in [-0.1, -0.05) is 46.3 Å². The smallest absolute Gasteiger partial charge is 0.310 e. The van der Waals surface area contributed by atoms with E-state index in [1.807, 2.05) is 0 Å². The molecule has 1 aromatic carbocycles. The summed E-state index contributed by atoms with van der Waals surface area (Å²) in [5.74, 6) is -1.38. The van der Waals surface area contributed by atoms with E-state index in [1.165, 1.54) is 0 Å². The first-order valence-corrected chi connectivity index (χ1v) is 7.26. The van der Waals surface area contributed by atoms with Gasteiger partial charge in [0.2, 0.25) is 0 Å². The first-order chi connectivity index (χ1) is 8.02. The van der Waals surface area contributed by atoms with Crippen LogP contribution < -0.4 is 5.73 Å². The minimum Gasteiger partial charge on any atom is -0.323 e. The lowest BCUT2D eigenvalue weighted by molar-refractivity contribution is 0.318. The van der Waals surface area contributed by atoms with Crippen molar-refractivity contribution in [3.63, 3.8) is 0 Å². The Morgan fingerprint density at radius 2 is 1.53 bits per heavy atom. The van der Waals surface area contributed by atoms with Gasteiger partial charge in [0.05, 0.1) is 0 Å². The molecule has 0 fully saturated rings. The Bertz CT molecular complexity index is 502. The van der Waals surface area contributed by atoms with Crippen LogP contribution in [-0.2, 0) is 0 Å². The van der Waals surface area contributed by atoms with Gasteiger partial charge in [0, 0.05) is 11.6 Å². The van der Waals surface area contributed by atoms with Crippen LogP contribution in [0.4, 0.5) is 23.8 Å². The number of rotatable bonds is 2. The summed E-state index contributed by atoms with van der Waals surface area (Å²) in [6.45, 7) is 4.99. The van der Waals surface area contributed by atoms with Crippen molar-refractivity contribution in [3.8, 4) is 0 Å². The van der Waals surface area contributed by atoms with Crippen molar-refractivity contribution in [1.82, 2.24) is 0 Å². The number of halogens is 6. The summed E-state index contributed by atoms with van der Waals surface area (Å²) in [4.78, 5) is -2.25. The van der Waals surface area contributed by atoms with Crippen molar-refractivity contribution in [1.29, 1.82) is 0 Å². The first-order valence-electron chi connectivity index (χ1n) is 5.31. The summed E-state index contributed by atoms with van der Waals surface area (Å²) < 4.78 is 76.1. The first kappa shape index (κ1) is 16.2. The summed E-state index contributed by atoms with van der Waals surface area (Å²) in [6.07, 6.45) is 0. The molecule has 0 saturated carbocycles. The molecule has 1 unspecified atom stereocenters. The van der Waals surface area contributed by atoms with Crippen molar-refractivity contribution >= 4 is 10.2 Å². The molecule has 0 aliphatic rings. The molecule has 2 N–H and O–H groups in total. The third-order valence-corrected chi connectivity index (χ3v) is 3.83. The summed E-state index contributed by atoms with van der Waals surface area (Å²) in [7, 11) is -9.86. The molecule has 0 heterocycles. The zero-order valence-electron chi connectivity index (χ0n) is 10.6. The highest BCUT2D eigenvalue weighted by molar-refractivity contribution is 8.45. The van der Waals surface area contributed by atoms with Crippen LogP contribution in [0.5, 0.6) is 0 Å². The Morgan fingerprint density at radius 3 is 1.84 bits per heavy atom. The van der Waals surface area contributed by atoms with E-state index < -0.39 is 32.4 Å². The molecule has 1 rings (SSSR count). The second-order valence-electron chi connectivity index (χ2n) is 5.50. The van der Waals surface area contributed by atoms with E-state index in [0.29, 0.717) is 6.07 Å². The van der Waals surface area contributed by atoms with Crippen LogP contribution in [0.15, 0.2) is 23.1 Å². The maximum absolute atomic E-state index is 13.6. The van der Waals surface area contributed by atoms with Crippen LogP contribution in [0.2, 0.25) is 0 Å². The molecule has 0 saturated heterocycles. The molecule has 1 aromatic rings. The van der Waals surface area contributed by atoms with Crippen molar-refractivity contribution in [2.24, 2.45) is 11.1 Å². The summed E-state index contributed by atoms with van der Waals surface area (Å²) in [6, 6.07) is -0.257. The third-order valence-electron chi connectivity index (χ3n) is 2.69. The summed E-state index contributed by atoms with van der Waals surface area (Å²) >= 11 is 0. The normalized spacial score (nSPS) is 18.6. The highest BCUT2D eigenvalue weighted by Crippen LogP contribution is 3.02. The van der Waals surface area contributed by atoms with Gasteiger partial charge in [-0.15, -0.1) is 0 Å². The lowest BCUT2D eigenvalue weighted by Crippen LogP contribution is -2.27. The Kier molecular flexibility index (Phi) is 3.06. The number of nitrogens with two attached hydrogens (primary N) is 1. The maximum atomic E-state index is 13.6. The van der Waals surface area contributed by atoms with E-state index >= 15 is 0 Å². The van der Waals surface area contributed by atoms with Gasteiger partial charge in [-0.2, -0.15) is 0 Å². The van der Waals surface area contributed by atoms with E-state index in [1.54, 1.807) is 20.8 Å². The molecule has 112 valence electrons. The molecule has 1 atom stereocenters. The largest absolute Gasteiger partial charge is 0.323 e. The lowest BCUT2D eigenvalue weighted by Gasteiger charge is -2.40. The molecule has 19 heavy (non-hydrogen) atoms. The zero-order valence-corrected chi connectivity index (χ0v) is 11.4. The SMILES string of the molecule is CC(C)(C)C(N)c1ccc(S(F)(F)(F)(F)F)cc1F. The van der Waals surface area contributed by atoms with Gasteiger partial charge < -0.3 is 5.73 Å². The van der Waals surface area contributed by atoms with Crippen LogP contribution in [-0.4, -0.2) is 0 Å². The Hall–Kier alpha value is -0.890. The molecule has 8 heteroatoms. The van der Waals surface area contributed by atoms with E-state index in [9.17, 15) is 23.8 Å². The second-order valence-corrected chi connectivity index (χ2v) is 7.91. The van der Waals surface area contributed by atoms with Gasteiger partial charge in [-0.3, -0.25) is 0 Å². The lowest BCUT2D eigenvalue weighted by atomic mass is 9.83. The minimum absolute atomic E-state index is 0.172. The average Bonchev–Trinajstić information content (AvgIpc) is 2.11. The fourth-order valence-electron chi connectivity index (χ4n) is 1.47. The fourth-order valence-corrected chi connectivity index (χ4v) is 2.12. The van der Waals surface area contributed by atoms with Crippen LogP contribution in [0.1, 0.15) is 32.4 Å². The average molecular weight is 307 g/mol. The fraction of sp³-hybridized carbons (Fsp3) is 0.455. The predicted octanol–water partition coefficient (Wildman–Crippen LogP) is 5.53. The zero-order chi connectivity index (χ0) is 15.3. The van der Waals surface area contributed by atoms with Gasteiger partial charge in [0.15, 0.2) is 0 Å². The molecular weight excluding hydrogens is 292 g/mol. The number of hydrogen-bond donors (Lipinski definition) is 1. The van der Waals surface area contributed by atoms with Gasteiger partial charge in [0.1, 0.15) is 10.7 Å². The molecule has 1 nitrogen and oxygen atoms in total. The molecule has 0 aromatic heterocycles. The van der Waals surface area contributed by atoms with E-state index in [2.05, 4.69) is 0 Å². The van der Waals surface area contributed by atoms with Gasteiger partial charge in [-0.05, 0) is 17.5 Å². The molecule has 0 bridgehead atoms. The van der Waals surface area contributed by atoms with Crippen molar-refractivity contribution < 1.29 is 23.8 Å². The Labute approximate surface area is 107 Å². The second kappa shape index (κ2) is 3.60. The van der Waals surface area contributed by atoms with Crippen molar-refractivity contribution in [2.75, 3.05) is 0 Å². The molecule has 0 spiro atoms. The number of benzene rings is 1. The van der Waals surface area contributed by atoms with Gasteiger partial charge in [0.25, 0.3) is 0 Å². The molecule has 0 aliphatic heterocycles. The van der Waals surface area contributed by atoms with Crippen LogP contribution in [0.3, 0.4) is 0 Å². The van der Waals surface area contributed by atoms with Gasteiger partial charge in [-0.25, -0.2) is 4.39 Å². The highest BCUT2D eigenvalue weighted by atomic mass is 32.5. The van der Waals surface area contributed by atoms with Crippen LogP contribution >= 0.6 is 10.2 Å². The van der Waals surface area contributed by atoms with E-state index in [4.69, 9.17) is 5.73 Å². The maximum Gasteiger partial charge on any atom is 0.310 e. The predicted molar refractivity (Wildman–Crippen MR) is 64.2 cm³/mol. The van der Waals surface area contributed by atoms with Crippen LogP contribution in [0, 0.1) is 11.2 Å². The molecule has 0 aliphatic carbocycles.